The average molecular weight is 183 g/mol. The first-order valence-electron chi connectivity index (χ1n) is 3.68. The van der Waals surface area contributed by atoms with Crippen molar-refractivity contribution in [3.05, 3.63) is 29.6 Å². The minimum atomic E-state index is -0.206. The van der Waals surface area contributed by atoms with Crippen molar-refractivity contribution in [3.8, 4) is 0 Å². The van der Waals surface area contributed by atoms with Gasteiger partial charge in [-0.3, -0.25) is 0 Å². The molecule has 0 heterocycles. The number of hydrogen-bond donors (Lipinski definition) is 1. The maximum Gasteiger partial charge on any atom is 0.373 e. The number of nitrogen functional groups attached to an aromatic ring is 1. The molecule has 0 aliphatic rings. The molecule has 3 nitrogen and oxygen atoms in total. The summed E-state index contributed by atoms with van der Waals surface area (Å²) in [4.78, 5) is 16.2. The molecule has 0 aliphatic heterocycles. The fraction of sp³-hybridized carbons (Fsp3) is 0.222. The summed E-state index contributed by atoms with van der Waals surface area (Å²) in [6, 6.07) is 4.77. The molecule has 70 valence electrons. The number of carbonyl (C=O) groups excluding carboxylic acids is 2. The zero-order chi connectivity index (χ0) is 10.3. The molecular weight excluding hydrogens is 173 g/mol. The number of benzene rings is 1. The van der Waals surface area contributed by atoms with E-state index >= 15 is 0 Å². The molecule has 0 saturated carbocycles. The molecular formula is C9H10FNO2. The fourth-order valence-corrected chi connectivity index (χ4v) is 0.850. The Morgan fingerprint density at radius 1 is 1.46 bits per heavy atom. The second kappa shape index (κ2) is 5.91. The van der Waals surface area contributed by atoms with Crippen LogP contribution in [0.25, 0.3) is 0 Å². The molecule has 0 aliphatic carbocycles. The van der Waals surface area contributed by atoms with E-state index in [-0.39, 0.29) is 12.0 Å². The lowest BCUT2D eigenvalue weighted by atomic mass is 10.1. The van der Waals surface area contributed by atoms with Crippen LogP contribution >= 0.6 is 0 Å². The highest BCUT2D eigenvalue weighted by molar-refractivity contribution is 5.40. The Kier molecular flexibility index (Phi) is 5.15. The van der Waals surface area contributed by atoms with Gasteiger partial charge in [-0.05, 0) is 24.1 Å². The van der Waals surface area contributed by atoms with Crippen molar-refractivity contribution < 1.29 is 14.0 Å². The summed E-state index contributed by atoms with van der Waals surface area (Å²) in [7, 11) is 0. The van der Waals surface area contributed by atoms with Crippen LogP contribution in [-0.4, -0.2) is 6.15 Å². The molecule has 0 saturated heterocycles. The van der Waals surface area contributed by atoms with Crippen LogP contribution < -0.4 is 5.73 Å². The largest absolute Gasteiger partial charge is 0.399 e. The van der Waals surface area contributed by atoms with Gasteiger partial charge in [0.25, 0.3) is 0 Å². The Bertz CT molecular complexity index is 306. The molecule has 2 N–H and O–H groups in total. The van der Waals surface area contributed by atoms with Gasteiger partial charge in [0.2, 0.25) is 0 Å². The highest BCUT2D eigenvalue weighted by atomic mass is 19.1. The highest BCUT2D eigenvalue weighted by Gasteiger charge is 1.97. The van der Waals surface area contributed by atoms with E-state index < -0.39 is 0 Å². The van der Waals surface area contributed by atoms with Crippen LogP contribution in [0.4, 0.5) is 10.1 Å². The molecule has 0 atom stereocenters. The van der Waals surface area contributed by atoms with Crippen molar-refractivity contribution in [1.82, 2.24) is 0 Å². The Morgan fingerprint density at radius 3 is 2.38 bits per heavy atom. The Hall–Kier alpha value is -1.67. The standard InChI is InChI=1S/C8H10FN.CO2/c1-2-6-3-4-7(10)5-8(6)9;2-1-3/h3-5H,2,10H2,1H3;. The number of halogens is 1. The number of anilines is 1. The van der Waals surface area contributed by atoms with E-state index in [1.807, 2.05) is 6.92 Å². The first kappa shape index (κ1) is 11.3. The van der Waals surface area contributed by atoms with Gasteiger partial charge in [0, 0.05) is 5.69 Å². The third-order valence-corrected chi connectivity index (χ3v) is 1.46. The summed E-state index contributed by atoms with van der Waals surface area (Å²) in [5.41, 5.74) is 6.54. The van der Waals surface area contributed by atoms with Crippen molar-refractivity contribution in [3.63, 3.8) is 0 Å². The van der Waals surface area contributed by atoms with E-state index in [0.717, 1.165) is 0 Å². The summed E-state index contributed by atoms with van der Waals surface area (Å²) in [6.45, 7) is 1.91. The van der Waals surface area contributed by atoms with Crippen LogP contribution in [0.5, 0.6) is 0 Å². The van der Waals surface area contributed by atoms with Crippen LogP contribution in [0.3, 0.4) is 0 Å². The van der Waals surface area contributed by atoms with Gasteiger partial charge in [0.05, 0.1) is 0 Å². The molecule has 4 heteroatoms. The molecule has 0 bridgehead atoms. The molecule has 0 fully saturated rings. The predicted molar refractivity (Wildman–Crippen MR) is 45.2 cm³/mol. The number of hydrogen-bond acceptors (Lipinski definition) is 3. The SMILES string of the molecule is CCc1ccc(N)cc1F.O=C=O. The second-order valence-corrected chi connectivity index (χ2v) is 2.29. The Morgan fingerprint density at radius 2 is 2.00 bits per heavy atom. The van der Waals surface area contributed by atoms with E-state index in [1.165, 1.54) is 6.07 Å². The smallest absolute Gasteiger partial charge is 0.373 e. The molecule has 1 aromatic carbocycles. The van der Waals surface area contributed by atoms with Gasteiger partial charge in [-0.2, -0.15) is 9.59 Å². The minimum Gasteiger partial charge on any atom is -0.399 e. The average Bonchev–Trinajstić information content (AvgIpc) is 2.06. The Balaban J connectivity index is 0.000000424. The van der Waals surface area contributed by atoms with Gasteiger partial charge < -0.3 is 5.73 Å². The zero-order valence-corrected chi connectivity index (χ0v) is 7.21. The van der Waals surface area contributed by atoms with E-state index in [0.29, 0.717) is 17.7 Å². The summed E-state index contributed by atoms with van der Waals surface area (Å²) in [5, 5.41) is 0. The maximum absolute atomic E-state index is 12.8. The van der Waals surface area contributed by atoms with Crippen molar-refractivity contribution in [2.24, 2.45) is 0 Å². The normalized spacial score (nSPS) is 8.15. The first-order valence-corrected chi connectivity index (χ1v) is 3.68. The maximum atomic E-state index is 12.8. The summed E-state index contributed by atoms with van der Waals surface area (Å²) >= 11 is 0. The van der Waals surface area contributed by atoms with Gasteiger partial charge >= 0.3 is 6.15 Å². The van der Waals surface area contributed by atoms with Crippen molar-refractivity contribution in [2.75, 3.05) is 5.73 Å². The lowest BCUT2D eigenvalue weighted by Crippen LogP contribution is -1.90. The zero-order valence-electron chi connectivity index (χ0n) is 7.21. The number of aryl methyl sites for hydroxylation is 1. The summed E-state index contributed by atoms with van der Waals surface area (Å²) in [6.07, 6.45) is 0.964. The molecule has 0 amide bonds. The van der Waals surface area contributed by atoms with E-state index in [1.54, 1.807) is 12.1 Å². The second-order valence-electron chi connectivity index (χ2n) is 2.29. The van der Waals surface area contributed by atoms with E-state index in [4.69, 9.17) is 15.3 Å². The quantitative estimate of drug-likeness (QED) is 0.669. The molecule has 0 spiro atoms. The summed E-state index contributed by atoms with van der Waals surface area (Å²) < 4.78 is 12.8. The van der Waals surface area contributed by atoms with E-state index in [2.05, 4.69) is 0 Å². The van der Waals surface area contributed by atoms with E-state index in [9.17, 15) is 4.39 Å². The predicted octanol–water partition coefficient (Wildman–Crippen LogP) is 1.39. The molecule has 1 aromatic rings. The van der Waals surface area contributed by atoms with Gasteiger partial charge in [-0.25, -0.2) is 4.39 Å². The molecule has 0 unspecified atom stereocenters. The third-order valence-electron chi connectivity index (χ3n) is 1.46. The van der Waals surface area contributed by atoms with Crippen LogP contribution in [0.1, 0.15) is 12.5 Å². The number of rotatable bonds is 1. The van der Waals surface area contributed by atoms with Gasteiger partial charge in [-0.15, -0.1) is 0 Å². The minimum absolute atomic E-state index is 0.206. The van der Waals surface area contributed by atoms with Crippen molar-refractivity contribution >= 4 is 11.8 Å². The van der Waals surface area contributed by atoms with Gasteiger partial charge in [0.15, 0.2) is 0 Å². The lowest BCUT2D eigenvalue weighted by Gasteiger charge is -1.98. The Labute approximate surface area is 75.4 Å². The third kappa shape index (κ3) is 4.03. The van der Waals surface area contributed by atoms with Crippen LogP contribution in [-0.2, 0) is 16.0 Å². The van der Waals surface area contributed by atoms with Crippen LogP contribution in [0.15, 0.2) is 18.2 Å². The molecule has 0 radical (unpaired) electrons. The lowest BCUT2D eigenvalue weighted by molar-refractivity contribution is -0.191. The van der Waals surface area contributed by atoms with Crippen LogP contribution in [0, 0.1) is 5.82 Å². The number of nitrogens with two attached hydrogens (primary N) is 1. The monoisotopic (exact) mass is 183 g/mol. The summed E-state index contributed by atoms with van der Waals surface area (Å²) in [5.74, 6) is -0.206. The van der Waals surface area contributed by atoms with Gasteiger partial charge in [-0.1, -0.05) is 13.0 Å². The molecule has 0 aromatic heterocycles. The first-order chi connectivity index (χ1) is 6.15. The topological polar surface area (TPSA) is 60.2 Å². The molecule has 1 rings (SSSR count). The highest BCUT2D eigenvalue weighted by Crippen LogP contribution is 2.11. The van der Waals surface area contributed by atoms with Crippen LogP contribution in [0.2, 0.25) is 0 Å². The molecule has 13 heavy (non-hydrogen) atoms. The van der Waals surface area contributed by atoms with Gasteiger partial charge in [0.1, 0.15) is 5.82 Å². The van der Waals surface area contributed by atoms with Crippen molar-refractivity contribution in [1.29, 1.82) is 0 Å². The van der Waals surface area contributed by atoms with Crippen molar-refractivity contribution in [2.45, 2.75) is 13.3 Å². The fourth-order valence-electron chi connectivity index (χ4n) is 0.850.